The summed E-state index contributed by atoms with van der Waals surface area (Å²) in [6, 6.07) is 16.0. The van der Waals surface area contributed by atoms with E-state index >= 15 is 0 Å². The van der Waals surface area contributed by atoms with Crippen LogP contribution in [0.3, 0.4) is 0 Å². The molecule has 1 fully saturated rings. The predicted octanol–water partition coefficient (Wildman–Crippen LogP) is 2.32. The van der Waals surface area contributed by atoms with E-state index < -0.39 is 10.8 Å². The van der Waals surface area contributed by atoms with E-state index in [1.165, 1.54) is 0 Å². The lowest BCUT2D eigenvalue weighted by Crippen LogP contribution is -2.61. The molecule has 11 nitrogen and oxygen atoms in total. The third-order valence-electron chi connectivity index (χ3n) is 8.57. The number of pyridine rings is 2. The number of non-ortho nitro benzene ring substituents is 1. The number of hydrogen-bond donors (Lipinski definition) is 1. The number of carbonyl (C=O) groups excluding carboxylic acids is 1. The van der Waals surface area contributed by atoms with Crippen LogP contribution in [-0.4, -0.2) is 49.1 Å². The highest BCUT2D eigenvalue weighted by atomic mass is 16.6. The second-order valence-corrected chi connectivity index (χ2v) is 10.7. The highest BCUT2D eigenvalue weighted by Gasteiger charge is 2.49. The van der Waals surface area contributed by atoms with Crippen LogP contribution in [0.1, 0.15) is 29.4 Å². The Labute approximate surface area is 223 Å². The van der Waals surface area contributed by atoms with E-state index in [1.807, 2.05) is 51.6 Å². The summed E-state index contributed by atoms with van der Waals surface area (Å²) in [5.74, 6) is 0.541. The second-order valence-electron chi connectivity index (χ2n) is 10.7. The molecule has 1 N–H and O–H groups in total. The Hall–Kier alpha value is -4.54. The lowest BCUT2D eigenvalue weighted by atomic mass is 9.70. The maximum absolute atomic E-state index is 13.8. The van der Waals surface area contributed by atoms with Crippen molar-refractivity contribution in [1.29, 1.82) is 0 Å². The van der Waals surface area contributed by atoms with Crippen LogP contribution >= 0.6 is 0 Å². The number of rotatable bonds is 5. The van der Waals surface area contributed by atoms with Crippen molar-refractivity contribution in [2.24, 2.45) is 11.8 Å². The van der Waals surface area contributed by atoms with E-state index in [-0.39, 0.29) is 35.0 Å². The Morgan fingerprint density at radius 3 is 2.87 bits per heavy atom. The number of amides is 1. The molecule has 3 aliphatic heterocycles. The van der Waals surface area contributed by atoms with Gasteiger partial charge in [0, 0.05) is 73.8 Å². The summed E-state index contributed by atoms with van der Waals surface area (Å²) >= 11 is 0. The lowest BCUT2D eigenvalue weighted by Gasteiger charge is -2.54. The van der Waals surface area contributed by atoms with Gasteiger partial charge in [-0.15, -0.1) is 10.2 Å². The van der Waals surface area contributed by atoms with E-state index in [0.717, 1.165) is 34.8 Å². The van der Waals surface area contributed by atoms with Gasteiger partial charge in [-0.1, -0.05) is 12.1 Å². The fraction of sp³-hybridized carbons (Fsp3) is 0.357. The number of anilines is 1. The van der Waals surface area contributed by atoms with Crippen molar-refractivity contribution in [3.63, 3.8) is 0 Å². The SMILES string of the molecule is O=C(NCCc1nnc2ccccn12)[C@@H]1Cc2cc([N+](=O)[O-])ccc2N2CC3CC(Cn4c3cccc4=O)[C@@H]12. The molecule has 1 amide bonds. The number of nitrogens with zero attached hydrogens (tertiary/aromatic N) is 6. The van der Waals surface area contributed by atoms with Crippen LogP contribution < -0.4 is 15.8 Å². The predicted molar refractivity (Wildman–Crippen MR) is 143 cm³/mol. The first-order valence-corrected chi connectivity index (χ1v) is 13.3. The Kier molecular flexibility index (Phi) is 5.46. The van der Waals surface area contributed by atoms with Gasteiger partial charge in [-0.05, 0) is 48.6 Å². The molecule has 2 bridgehead atoms. The molecule has 0 saturated carbocycles. The number of fused-ring (bicyclic) bond motifs is 9. The summed E-state index contributed by atoms with van der Waals surface area (Å²) in [7, 11) is 0. The number of nitro benzene ring substituents is 1. The van der Waals surface area contributed by atoms with Crippen molar-refractivity contribution >= 4 is 22.9 Å². The molecule has 39 heavy (non-hydrogen) atoms. The van der Waals surface area contributed by atoms with E-state index in [9.17, 15) is 19.7 Å². The number of nitro groups is 1. The summed E-state index contributed by atoms with van der Waals surface area (Å²) in [6.07, 6.45) is 3.74. The van der Waals surface area contributed by atoms with Gasteiger partial charge in [0.1, 0.15) is 5.82 Å². The summed E-state index contributed by atoms with van der Waals surface area (Å²) < 4.78 is 3.77. The van der Waals surface area contributed by atoms with Crippen LogP contribution in [-0.2, 0) is 24.2 Å². The number of piperidine rings is 1. The van der Waals surface area contributed by atoms with Gasteiger partial charge in [0.15, 0.2) is 5.65 Å². The van der Waals surface area contributed by atoms with Crippen LogP contribution in [0.2, 0.25) is 0 Å². The average Bonchev–Trinajstić information content (AvgIpc) is 3.36. The Morgan fingerprint density at radius 1 is 1.10 bits per heavy atom. The third kappa shape index (κ3) is 3.87. The lowest BCUT2D eigenvalue weighted by molar-refractivity contribution is -0.384. The molecule has 0 aliphatic carbocycles. The van der Waals surface area contributed by atoms with Crippen LogP contribution in [0.4, 0.5) is 11.4 Å². The molecule has 3 aromatic heterocycles. The molecule has 11 heteroatoms. The van der Waals surface area contributed by atoms with Crippen LogP contribution in [0, 0.1) is 22.0 Å². The highest BCUT2D eigenvalue weighted by molar-refractivity contribution is 5.82. The number of benzene rings is 1. The first-order valence-electron chi connectivity index (χ1n) is 13.3. The Balaban J connectivity index is 1.19. The molecular formula is C28H27N7O4. The second kappa shape index (κ2) is 9.04. The van der Waals surface area contributed by atoms with Gasteiger partial charge in [0.05, 0.1) is 10.8 Å². The number of aromatic nitrogens is 4. The zero-order valence-electron chi connectivity index (χ0n) is 21.1. The molecule has 0 spiro atoms. The van der Waals surface area contributed by atoms with Crippen molar-refractivity contribution < 1.29 is 9.72 Å². The standard InChI is InChI=1S/C28H27N7O4/c36-26-6-3-4-22-18-12-19(16-33(22)26)27-21(14-17-13-20(35(38)39)7-8-23(17)34(27)15-18)28(37)29-10-9-25-31-30-24-5-1-2-11-32(24)25/h1-8,11,13,18-19,21,27H,9-10,12,14-16H2,(H,29,37)/t18?,19?,21-,27+/m1/s1. The van der Waals surface area contributed by atoms with E-state index in [1.54, 1.807) is 18.2 Å². The van der Waals surface area contributed by atoms with Gasteiger partial charge in [0.2, 0.25) is 5.91 Å². The van der Waals surface area contributed by atoms with Gasteiger partial charge in [-0.2, -0.15) is 0 Å². The zero-order valence-corrected chi connectivity index (χ0v) is 21.1. The van der Waals surface area contributed by atoms with E-state index in [4.69, 9.17) is 0 Å². The summed E-state index contributed by atoms with van der Waals surface area (Å²) in [5.41, 5.74) is 3.56. The van der Waals surface area contributed by atoms with Gasteiger partial charge >= 0.3 is 0 Å². The summed E-state index contributed by atoms with van der Waals surface area (Å²) in [6.45, 7) is 1.62. The van der Waals surface area contributed by atoms with Crippen LogP contribution in [0.25, 0.3) is 5.65 Å². The number of hydrogen-bond acceptors (Lipinski definition) is 7. The maximum atomic E-state index is 13.8. The van der Waals surface area contributed by atoms with E-state index in [0.29, 0.717) is 32.5 Å². The zero-order chi connectivity index (χ0) is 26.7. The minimum Gasteiger partial charge on any atom is -0.366 e. The first-order chi connectivity index (χ1) is 19.0. The molecule has 3 aliphatic rings. The van der Waals surface area contributed by atoms with E-state index in [2.05, 4.69) is 20.4 Å². The third-order valence-corrected chi connectivity index (χ3v) is 8.57. The molecule has 4 aromatic rings. The number of carbonyl (C=O) groups is 1. The van der Waals surface area contributed by atoms with Gasteiger partial charge < -0.3 is 14.8 Å². The smallest absolute Gasteiger partial charge is 0.269 e. The molecule has 6 heterocycles. The molecule has 1 aromatic carbocycles. The van der Waals surface area contributed by atoms with Gasteiger partial charge in [0.25, 0.3) is 11.2 Å². The molecule has 0 radical (unpaired) electrons. The van der Waals surface area contributed by atoms with Crippen molar-refractivity contribution in [3.05, 3.63) is 98.3 Å². The Morgan fingerprint density at radius 2 is 2.00 bits per heavy atom. The highest BCUT2D eigenvalue weighted by Crippen LogP contribution is 2.47. The van der Waals surface area contributed by atoms with Crippen molar-refractivity contribution in [1.82, 2.24) is 24.5 Å². The largest absolute Gasteiger partial charge is 0.366 e. The van der Waals surface area contributed by atoms with Crippen LogP contribution in [0.15, 0.2) is 65.6 Å². The maximum Gasteiger partial charge on any atom is 0.269 e. The molecular weight excluding hydrogens is 498 g/mol. The summed E-state index contributed by atoms with van der Waals surface area (Å²) in [5, 5.41) is 23.1. The average molecular weight is 526 g/mol. The molecule has 1 saturated heterocycles. The number of nitrogens with one attached hydrogen (secondary N) is 1. The van der Waals surface area contributed by atoms with Crippen molar-refractivity contribution in [3.8, 4) is 0 Å². The monoisotopic (exact) mass is 525 g/mol. The fourth-order valence-electron chi connectivity index (χ4n) is 6.94. The fourth-order valence-corrected chi connectivity index (χ4v) is 6.94. The first kappa shape index (κ1) is 23.6. The normalized spacial score (nSPS) is 23.0. The van der Waals surface area contributed by atoms with Crippen molar-refractivity contribution in [2.45, 2.75) is 37.8 Å². The van der Waals surface area contributed by atoms with Crippen molar-refractivity contribution in [2.75, 3.05) is 18.0 Å². The Bertz CT molecular complexity index is 1680. The molecule has 4 atom stereocenters. The molecule has 7 rings (SSSR count). The topological polar surface area (TPSA) is 128 Å². The molecule has 198 valence electrons. The minimum absolute atomic E-state index is 0.0102. The minimum atomic E-state index is -0.401. The van der Waals surface area contributed by atoms with Gasteiger partial charge in [-0.3, -0.25) is 24.1 Å². The quantitative estimate of drug-likeness (QED) is 0.313. The summed E-state index contributed by atoms with van der Waals surface area (Å²) in [4.78, 5) is 39.9. The van der Waals surface area contributed by atoms with Crippen LogP contribution in [0.5, 0.6) is 0 Å². The van der Waals surface area contributed by atoms with Gasteiger partial charge in [-0.25, -0.2) is 0 Å². The molecule has 2 unspecified atom stereocenters.